The molecule has 0 aliphatic heterocycles. The van der Waals surface area contributed by atoms with Gasteiger partial charge in [-0.2, -0.15) is 18.3 Å². The van der Waals surface area contributed by atoms with E-state index in [1.165, 1.54) is 24.4 Å². The summed E-state index contributed by atoms with van der Waals surface area (Å²) in [4.78, 5) is 11.9. The van der Waals surface area contributed by atoms with Crippen molar-refractivity contribution in [2.45, 2.75) is 25.4 Å². The molecule has 4 rings (SSSR count). The normalized spacial score (nSPS) is 11.9. The van der Waals surface area contributed by atoms with Crippen LogP contribution in [0.15, 0.2) is 60.8 Å². The average molecular weight is 469 g/mol. The van der Waals surface area contributed by atoms with Gasteiger partial charge in [0.2, 0.25) is 0 Å². The number of nitrogens with zero attached hydrogens (tertiary/aromatic N) is 5. The SMILES string of the molecule is [C-]#[N+]c1c(F)ccc(-c2cccc(C(C)(C)c3cccc(-n4ccc(C(F)(F)F)n4)n3)n2)c1F. The van der Waals surface area contributed by atoms with Crippen LogP contribution in [0, 0.1) is 18.2 Å². The van der Waals surface area contributed by atoms with E-state index in [4.69, 9.17) is 6.57 Å². The molecule has 0 N–H and O–H groups in total. The van der Waals surface area contributed by atoms with Gasteiger partial charge in [-0.1, -0.05) is 12.1 Å². The number of hydrogen-bond donors (Lipinski definition) is 0. The van der Waals surface area contributed by atoms with Crippen molar-refractivity contribution < 1.29 is 22.0 Å². The van der Waals surface area contributed by atoms with Crippen molar-refractivity contribution in [2.75, 3.05) is 0 Å². The fourth-order valence-electron chi connectivity index (χ4n) is 3.41. The van der Waals surface area contributed by atoms with E-state index in [1.807, 2.05) is 0 Å². The van der Waals surface area contributed by atoms with Gasteiger partial charge in [-0.15, -0.1) is 0 Å². The molecule has 0 unspecified atom stereocenters. The minimum Gasteiger partial charge on any atom is -0.252 e. The van der Waals surface area contributed by atoms with Crippen molar-refractivity contribution in [3.05, 3.63) is 101 Å². The predicted octanol–water partition coefficient (Wildman–Crippen LogP) is 6.50. The van der Waals surface area contributed by atoms with Crippen LogP contribution in [0.3, 0.4) is 0 Å². The van der Waals surface area contributed by atoms with Gasteiger partial charge < -0.3 is 0 Å². The topological polar surface area (TPSA) is 48.0 Å². The smallest absolute Gasteiger partial charge is 0.252 e. The van der Waals surface area contributed by atoms with Crippen LogP contribution in [0.5, 0.6) is 0 Å². The predicted molar refractivity (Wildman–Crippen MR) is 114 cm³/mol. The van der Waals surface area contributed by atoms with Gasteiger partial charge in [-0.05, 0) is 56.3 Å². The van der Waals surface area contributed by atoms with E-state index in [1.54, 1.807) is 38.1 Å². The number of alkyl halides is 3. The summed E-state index contributed by atoms with van der Waals surface area (Å²) in [6, 6.07) is 12.8. The Bertz CT molecular complexity index is 1420. The van der Waals surface area contributed by atoms with Crippen molar-refractivity contribution in [3.63, 3.8) is 0 Å². The van der Waals surface area contributed by atoms with Gasteiger partial charge in [0, 0.05) is 17.2 Å². The van der Waals surface area contributed by atoms with Gasteiger partial charge in [0.05, 0.1) is 23.7 Å². The Morgan fingerprint density at radius 2 is 1.53 bits per heavy atom. The molecule has 0 spiro atoms. The Hall–Kier alpha value is -4.13. The summed E-state index contributed by atoms with van der Waals surface area (Å²) in [5.41, 5.74) is -1.44. The molecule has 34 heavy (non-hydrogen) atoms. The third-order valence-electron chi connectivity index (χ3n) is 5.33. The fourth-order valence-corrected chi connectivity index (χ4v) is 3.41. The average Bonchev–Trinajstić information content (AvgIpc) is 3.31. The lowest BCUT2D eigenvalue weighted by molar-refractivity contribution is -0.141. The van der Waals surface area contributed by atoms with Crippen LogP contribution in [0.4, 0.5) is 27.6 Å². The highest BCUT2D eigenvalue weighted by Crippen LogP contribution is 2.34. The summed E-state index contributed by atoms with van der Waals surface area (Å²) in [6.07, 6.45) is -3.40. The maximum atomic E-state index is 14.7. The van der Waals surface area contributed by atoms with E-state index in [9.17, 15) is 22.0 Å². The molecule has 0 fully saturated rings. The minimum atomic E-state index is -4.57. The van der Waals surface area contributed by atoms with Crippen molar-refractivity contribution in [1.29, 1.82) is 0 Å². The monoisotopic (exact) mass is 469 g/mol. The van der Waals surface area contributed by atoms with Crippen molar-refractivity contribution in [1.82, 2.24) is 19.7 Å². The zero-order chi connectivity index (χ0) is 24.7. The minimum absolute atomic E-state index is 0.0250. The molecule has 0 aliphatic rings. The van der Waals surface area contributed by atoms with Crippen LogP contribution in [-0.4, -0.2) is 19.7 Å². The van der Waals surface area contributed by atoms with Gasteiger partial charge in [-0.25, -0.2) is 23.3 Å². The zero-order valence-electron chi connectivity index (χ0n) is 17.9. The fraction of sp³-hybridized carbons (Fsp3) is 0.167. The molecule has 3 heterocycles. The second-order valence-electron chi connectivity index (χ2n) is 7.93. The van der Waals surface area contributed by atoms with Gasteiger partial charge >= 0.3 is 6.18 Å². The third-order valence-corrected chi connectivity index (χ3v) is 5.33. The van der Waals surface area contributed by atoms with E-state index >= 15 is 0 Å². The van der Waals surface area contributed by atoms with Crippen molar-refractivity contribution >= 4 is 5.69 Å². The van der Waals surface area contributed by atoms with Crippen LogP contribution >= 0.6 is 0 Å². The summed E-state index contributed by atoms with van der Waals surface area (Å²) in [7, 11) is 0. The third kappa shape index (κ3) is 4.12. The zero-order valence-corrected chi connectivity index (χ0v) is 17.9. The van der Waals surface area contributed by atoms with Crippen molar-refractivity contribution in [3.8, 4) is 17.1 Å². The molecule has 172 valence electrons. The molecule has 0 saturated carbocycles. The maximum absolute atomic E-state index is 14.7. The van der Waals surface area contributed by atoms with Crippen LogP contribution in [-0.2, 0) is 11.6 Å². The summed E-state index contributed by atoms with van der Waals surface area (Å²) in [5.74, 6) is -1.78. The lowest BCUT2D eigenvalue weighted by Crippen LogP contribution is -2.23. The molecule has 4 aromatic rings. The Labute approximate surface area is 191 Å². The standard InChI is InChI=1S/C24H16F5N5/c1-23(2,18-8-5-9-20(32-18)34-13-12-19(33-34)24(27,28)29)17-7-4-6-16(31-17)14-10-11-15(25)22(30-3)21(14)26/h4-13H,1-2H3. The highest BCUT2D eigenvalue weighted by Gasteiger charge is 2.34. The van der Waals surface area contributed by atoms with E-state index in [2.05, 4.69) is 19.9 Å². The summed E-state index contributed by atoms with van der Waals surface area (Å²) >= 11 is 0. The number of aromatic nitrogens is 4. The number of halogens is 5. The maximum Gasteiger partial charge on any atom is 0.435 e. The van der Waals surface area contributed by atoms with Gasteiger partial charge in [-0.3, -0.25) is 4.98 Å². The Morgan fingerprint density at radius 1 is 0.853 bits per heavy atom. The molecule has 0 atom stereocenters. The quantitative estimate of drug-likeness (QED) is 0.253. The summed E-state index contributed by atoms with van der Waals surface area (Å²) < 4.78 is 68.2. The van der Waals surface area contributed by atoms with Crippen LogP contribution in [0.1, 0.15) is 30.9 Å². The molecular formula is C24H16F5N5. The second kappa shape index (κ2) is 8.33. The van der Waals surface area contributed by atoms with E-state index in [0.717, 1.165) is 16.8 Å². The highest BCUT2D eigenvalue weighted by atomic mass is 19.4. The first-order valence-electron chi connectivity index (χ1n) is 9.96. The van der Waals surface area contributed by atoms with Crippen LogP contribution < -0.4 is 0 Å². The van der Waals surface area contributed by atoms with Crippen molar-refractivity contribution in [2.24, 2.45) is 0 Å². The number of rotatable bonds is 4. The first kappa shape index (κ1) is 23.0. The molecule has 10 heteroatoms. The number of pyridine rings is 2. The van der Waals surface area contributed by atoms with Gasteiger partial charge in [0.1, 0.15) is 11.6 Å². The highest BCUT2D eigenvalue weighted by molar-refractivity contribution is 5.67. The van der Waals surface area contributed by atoms with E-state index in [0.29, 0.717) is 11.4 Å². The second-order valence-corrected chi connectivity index (χ2v) is 7.93. The van der Waals surface area contributed by atoms with Gasteiger partial charge in [0.25, 0.3) is 5.69 Å². The first-order valence-corrected chi connectivity index (χ1v) is 9.96. The van der Waals surface area contributed by atoms with E-state index < -0.39 is 34.6 Å². The summed E-state index contributed by atoms with van der Waals surface area (Å²) in [6.45, 7) is 10.6. The largest absolute Gasteiger partial charge is 0.435 e. The number of benzene rings is 1. The Morgan fingerprint density at radius 3 is 2.18 bits per heavy atom. The Kier molecular flexibility index (Phi) is 5.65. The molecule has 0 bridgehead atoms. The first-order chi connectivity index (χ1) is 16.0. The molecule has 0 radical (unpaired) electrons. The van der Waals surface area contributed by atoms with E-state index in [-0.39, 0.29) is 17.1 Å². The molecular weight excluding hydrogens is 453 g/mol. The van der Waals surface area contributed by atoms with Crippen LogP contribution in [0.25, 0.3) is 21.9 Å². The molecule has 0 saturated heterocycles. The molecule has 1 aromatic carbocycles. The van der Waals surface area contributed by atoms with Gasteiger partial charge in [0.15, 0.2) is 11.5 Å². The van der Waals surface area contributed by atoms with Crippen LogP contribution in [0.2, 0.25) is 0 Å². The lowest BCUT2D eigenvalue weighted by atomic mass is 9.84. The lowest BCUT2D eigenvalue weighted by Gasteiger charge is -2.24. The Balaban J connectivity index is 1.74. The molecule has 0 aliphatic carbocycles. The summed E-state index contributed by atoms with van der Waals surface area (Å²) in [5, 5.41) is 3.55. The molecule has 5 nitrogen and oxygen atoms in total. The molecule has 0 amide bonds. The number of hydrogen-bond acceptors (Lipinski definition) is 3. The molecule has 3 aromatic heterocycles.